The molecular formula is C19H25NO4. The third-order valence-electron chi connectivity index (χ3n) is 5.20. The normalized spacial score (nSPS) is 20.2. The molecule has 1 fully saturated rings. The summed E-state index contributed by atoms with van der Waals surface area (Å²) in [5, 5.41) is 21.6. The number of carbonyl (C=O) groups is 2. The van der Waals surface area contributed by atoms with Crippen molar-refractivity contribution < 1.29 is 19.8 Å². The van der Waals surface area contributed by atoms with Gasteiger partial charge in [-0.25, -0.2) is 4.79 Å². The second kappa shape index (κ2) is 7.07. The van der Waals surface area contributed by atoms with Crippen molar-refractivity contribution in [1.29, 1.82) is 0 Å². The first-order valence-corrected chi connectivity index (χ1v) is 8.29. The van der Waals surface area contributed by atoms with Crippen LogP contribution < -0.4 is 5.32 Å². The molecule has 24 heavy (non-hydrogen) atoms. The lowest BCUT2D eigenvalue weighted by Gasteiger charge is -2.36. The zero-order valence-electron chi connectivity index (χ0n) is 14.4. The number of benzene rings is 1. The van der Waals surface area contributed by atoms with Crippen molar-refractivity contribution in [3.05, 3.63) is 35.5 Å². The lowest BCUT2D eigenvalue weighted by molar-refractivity contribution is -0.117. The second-order valence-electron chi connectivity index (χ2n) is 7.06. The van der Waals surface area contributed by atoms with Crippen molar-refractivity contribution in [3.8, 4) is 5.75 Å². The summed E-state index contributed by atoms with van der Waals surface area (Å²) < 4.78 is 0. The summed E-state index contributed by atoms with van der Waals surface area (Å²) in [5.74, 6) is -0.858. The first-order valence-electron chi connectivity index (χ1n) is 8.29. The molecular weight excluding hydrogens is 306 g/mol. The standard InChI is InChI=1S/C19H25NO4/c1-4-19(2,3)13-5-8-16(21)12(9-13)11-20-14-6-7-15(18(23)24)17(22)10-14/h6-7,10-11,13,20,22H,4-5,8-9H2,1-3H3,(H,23,24)/b12-11+/t13-/m0/s1. The highest BCUT2D eigenvalue weighted by Gasteiger charge is 2.33. The SMILES string of the molecule is CCC(C)(C)[C@H]1CCC(=O)/C(=C/Nc2ccc(C(=O)O)c(O)c2)C1. The van der Waals surface area contributed by atoms with E-state index >= 15 is 0 Å². The topological polar surface area (TPSA) is 86.6 Å². The molecule has 0 amide bonds. The molecule has 0 saturated heterocycles. The van der Waals surface area contributed by atoms with Crippen LogP contribution in [0.5, 0.6) is 5.75 Å². The molecule has 0 bridgehead atoms. The van der Waals surface area contributed by atoms with Gasteiger partial charge in [0.1, 0.15) is 11.3 Å². The van der Waals surface area contributed by atoms with Crippen LogP contribution in [-0.4, -0.2) is 22.0 Å². The van der Waals surface area contributed by atoms with E-state index in [2.05, 4.69) is 26.1 Å². The molecule has 1 aliphatic rings. The molecule has 0 unspecified atom stereocenters. The fraction of sp³-hybridized carbons (Fsp3) is 0.474. The number of aromatic carboxylic acids is 1. The van der Waals surface area contributed by atoms with Crippen LogP contribution in [0.25, 0.3) is 0 Å². The lowest BCUT2D eigenvalue weighted by Crippen LogP contribution is -2.29. The molecule has 3 N–H and O–H groups in total. The van der Waals surface area contributed by atoms with Crippen LogP contribution in [0.15, 0.2) is 30.0 Å². The summed E-state index contributed by atoms with van der Waals surface area (Å²) in [4.78, 5) is 23.1. The Bertz CT molecular complexity index is 676. The van der Waals surface area contributed by atoms with Crippen molar-refractivity contribution in [2.24, 2.45) is 11.3 Å². The van der Waals surface area contributed by atoms with Gasteiger partial charge in [0.05, 0.1) is 0 Å². The highest BCUT2D eigenvalue weighted by molar-refractivity contribution is 5.96. The van der Waals surface area contributed by atoms with Gasteiger partial charge in [0.15, 0.2) is 5.78 Å². The van der Waals surface area contributed by atoms with E-state index in [0.717, 1.165) is 24.8 Å². The summed E-state index contributed by atoms with van der Waals surface area (Å²) in [6.07, 6.45) is 4.98. The number of rotatable bonds is 5. The largest absolute Gasteiger partial charge is 0.507 e. The average molecular weight is 331 g/mol. The highest BCUT2D eigenvalue weighted by atomic mass is 16.4. The fourth-order valence-electron chi connectivity index (χ4n) is 3.02. The van der Waals surface area contributed by atoms with Crippen molar-refractivity contribution >= 4 is 17.4 Å². The minimum atomic E-state index is -1.18. The van der Waals surface area contributed by atoms with E-state index < -0.39 is 5.97 Å². The maximum Gasteiger partial charge on any atom is 0.339 e. The summed E-state index contributed by atoms with van der Waals surface area (Å²) in [7, 11) is 0. The van der Waals surface area contributed by atoms with Crippen molar-refractivity contribution in [2.75, 3.05) is 5.32 Å². The maximum atomic E-state index is 12.2. The number of hydrogen-bond acceptors (Lipinski definition) is 4. The van der Waals surface area contributed by atoms with E-state index in [4.69, 9.17) is 5.11 Å². The molecule has 5 nitrogen and oxygen atoms in total. The molecule has 1 saturated carbocycles. The van der Waals surface area contributed by atoms with Crippen molar-refractivity contribution in [3.63, 3.8) is 0 Å². The minimum Gasteiger partial charge on any atom is -0.507 e. The Hall–Kier alpha value is -2.30. The Labute approximate surface area is 142 Å². The van der Waals surface area contributed by atoms with Gasteiger partial charge in [-0.05, 0) is 36.3 Å². The number of phenols is 1. The summed E-state index contributed by atoms with van der Waals surface area (Å²) in [6, 6.07) is 4.26. The van der Waals surface area contributed by atoms with E-state index in [-0.39, 0.29) is 22.5 Å². The number of allylic oxidation sites excluding steroid dienone is 1. The van der Waals surface area contributed by atoms with E-state index in [1.807, 2.05) is 0 Å². The summed E-state index contributed by atoms with van der Waals surface area (Å²) in [6.45, 7) is 6.65. The fourth-order valence-corrected chi connectivity index (χ4v) is 3.02. The van der Waals surface area contributed by atoms with Crippen LogP contribution in [0.3, 0.4) is 0 Å². The van der Waals surface area contributed by atoms with E-state index in [0.29, 0.717) is 18.0 Å². The van der Waals surface area contributed by atoms with Crippen LogP contribution in [0.2, 0.25) is 0 Å². The van der Waals surface area contributed by atoms with Gasteiger partial charge in [-0.15, -0.1) is 0 Å². The van der Waals surface area contributed by atoms with Crippen LogP contribution in [0, 0.1) is 11.3 Å². The quantitative estimate of drug-likeness (QED) is 0.704. The third-order valence-corrected chi connectivity index (χ3v) is 5.20. The molecule has 0 aromatic heterocycles. The van der Waals surface area contributed by atoms with Gasteiger partial charge >= 0.3 is 5.97 Å². The Morgan fingerprint density at radius 3 is 2.71 bits per heavy atom. The number of Topliss-reactive ketones (excluding diaryl/α,β-unsaturated/α-hetero) is 1. The van der Waals surface area contributed by atoms with Gasteiger partial charge in [-0.3, -0.25) is 4.79 Å². The molecule has 1 aromatic rings. The van der Waals surface area contributed by atoms with Crippen LogP contribution in [-0.2, 0) is 4.79 Å². The molecule has 1 atom stereocenters. The van der Waals surface area contributed by atoms with Crippen LogP contribution >= 0.6 is 0 Å². The number of carboxylic acids is 1. The molecule has 130 valence electrons. The number of hydrogen-bond donors (Lipinski definition) is 3. The Morgan fingerprint density at radius 1 is 1.42 bits per heavy atom. The van der Waals surface area contributed by atoms with Crippen molar-refractivity contribution in [1.82, 2.24) is 0 Å². The zero-order chi connectivity index (χ0) is 17.9. The van der Waals surface area contributed by atoms with E-state index in [1.54, 1.807) is 12.3 Å². The van der Waals surface area contributed by atoms with Gasteiger partial charge in [0.2, 0.25) is 0 Å². The van der Waals surface area contributed by atoms with Gasteiger partial charge in [-0.2, -0.15) is 0 Å². The molecule has 1 aliphatic carbocycles. The summed E-state index contributed by atoms with van der Waals surface area (Å²) in [5.41, 5.74) is 1.36. The smallest absolute Gasteiger partial charge is 0.339 e. The zero-order valence-corrected chi connectivity index (χ0v) is 14.4. The van der Waals surface area contributed by atoms with E-state index in [9.17, 15) is 14.7 Å². The molecule has 1 aromatic carbocycles. The molecule has 0 spiro atoms. The molecule has 2 rings (SSSR count). The van der Waals surface area contributed by atoms with Gasteiger partial charge in [-0.1, -0.05) is 27.2 Å². The van der Waals surface area contributed by atoms with Crippen LogP contribution in [0.4, 0.5) is 5.69 Å². The highest BCUT2D eigenvalue weighted by Crippen LogP contribution is 2.41. The monoisotopic (exact) mass is 331 g/mol. The predicted octanol–water partition coefficient (Wildman–Crippen LogP) is 4.19. The number of aromatic hydroxyl groups is 1. The molecule has 0 radical (unpaired) electrons. The Morgan fingerprint density at radius 2 is 2.12 bits per heavy atom. The maximum absolute atomic E-state index is 12.2. The van der Waals surface area contributed by atoms with Gasteiger partial charge < -0.3 is 15.5 Å². The predicted molar refractivity (Wildman–Crippen MR) is 93.2 cm³/mol. The average Bonchev–Trinajstić information content (AvgIpc) is 2.53. The second-order valence-corrected chi connectivity index (χ2v) is 7.06. The number of anilines is 1. The molecule has 0 aliphatic heterocycles. The van der Waals surface area contributed by atoms with Crippen molar-refractivity contribution in [2.45, 2.75) is 46.5 Å². The number of carbonyl (C=O) groups excluding carboxylic acids is 1. The Balaban J connectivity index is 2.13. The van der Waals surface area contributed by atoms with E-state index in [1.165, 1.54) is 12.1 Å². The lowest BCUT2D eigenvalue weighted by atomic mass is 9.68. The molecule has 5 heteroatoms. The first-order chi connectivity index (χ1) is 11.2. The Kier molecular flexibility index (Phi) is 5.32. The number of carboxylic acid groups (broad SMARTS) is 1. The number of ketones is 1. The van der Waals surface area contributed by atoms with Gasteiger partial charge in [0.25, 0.3) is 0 Å². The third kappa shape index (κ3) is 3.96. The van der Waals surface area contributed by atoms with Gasteiger partial charge in [0, 0.05) is 29.9 Å². The minimum absolute atomic E-state index is 0.147. The van der Waals surface area contributed by atoms with Crippen LogP contribution in [0.1, 0.15) is 56.8 Å². The molecule has 0 heterocycles. The first kappa shape index (κ1) is 18.0. The summed E-state index contributed by atoms with van der Waals surface area (Å²) >= 11 is 0. The number of nitrogens with one attached hydrogen (secondary N) is 1.